The summed E-state index contributed by atoms with van der Waals surface area (Å²) in [7, 11) is -10.0. The zero-order valence-corrected chi connectivity index (χ0v) is 32.7. The van der Waals surface area contributed by atoms with Crippen LogP contribution < -0.4 is 59.1 Å². The van der Waals surface area contributed by atoms with E-state index in [2.05, 4.69) is 22.2 Å². The van der Waals surface area contributed by atoms with Crippen molar-refractivity contribution in [3.8, 4) is 0 Å². The molecule has 0 aromatic heterocycles. The molecule has 0 aromatic carbocycles. The summed E-state index contributed by atoms with van der Waals surface area (Å²) in [4.78, 5) is 0. The first-order chi connectivity index (χ1) is 19.1. The third-order valence-corrected chi connectivity index (χ3v) is 7.68. The van der Waals surface area contributed by atoms with Gasteiger partial charge in [0.25, 0.3) is 0 Å². The first-order valence-corrected chi connectivity index (χ1v) is 18.2. The first kappa shape index (κ1) is 48.1. The molecule has 0 aliphatic heterocycles. The second-order valence-electron chi connectivity index (χ2n) is 10.6. The molecule has 0 N–H and O–H groups in total. The number of ether oxygens (including phenoxy) is 2. The van der Waals surface area contributed by atoms with Crippen LogP contribution in [0.25, 0.3) is 0 Å². The Hall–Kier alpha value is 1.66. The topological polar surface area (TPSA) is 151 Å². The van der Waals surface area contributed by atoms with Crippen molar-refractivity contribution in [1.29, 1.82) is 0 Å². The molecular weight excluding hydrogens is 606 g/mol. The van der Waals surface area contributed by atoms with Crippen LogP contribution in [0.5, 0.6) is 0 Å². The summed E-state index contributed by atoms with van der Waals surface area (Å²) < 4.78 is 86.6. The van der Waals surface area contributed by atoms with Crippen LogP contribution in [-0.4, -0.2) is 64.6 Å². The maximum atomic E-state index is 11.0. The van der Waals surface area contributed by atoms with Gasteiger partial charge in [0.15, 0.2) is 0 Å². The van der Waals surface area contributed by atoms with Crippen LogP contribution in [0, 0.1) is 0 Å². The Kier molecular flexibility index (Phi) is 37.3. The predicted molar refractivity (Wildman–Crippen MR) is 154 cm³/mol. The molecule has 0 amide bonds. The Morgan fingerprint density at radius 3 is 0.929 bits per heavy atom. The van der Waals surface area contributed by atoms with Gasteiger partial charge in [0.1, 0.15) is 12.2 Å². The van der Waals surface area contributed by atoms with Crippen LogP contribution in [0.15, 0.2) is 0 Å². The molecule has 2 atom stereocenters. The van der Waals surface area contributed by atoms with Gasteiger partial charge in [-0.2, -0.15) is 0 Å². The van der Waals surface area contributed by atoms with Gasteiger partial charge in [-0.05, 0) is 12.8 Å². The van der Waals surface area contributed by atoms with Gasteiger partial charge in [-0.1, -0.05) is 129 Å². The Labute approximate surface area is 302 Å². The summed E-state index contributed by atoms with van der Waals surface area (Å²) in [6.07, 6.45) is 20.4. The minimum absolute atomic E-state index is 0. The van der Waals surface area contributed by atoms with Crippen LogP contribution in [-0.2, 0) is 38.6 Å². The molecule has 0 fully saturated rings. The van der Waals surface area contributed by atoms with Crippen molar-refractivity contribution in [3.05, 3.63) is 0 Å². The van der Waals surface area contributed by atoms with Crippen molar-refractivity contribution in [2.24, 2.45) is 0 Å². The zero-order chi connectivity index (χ0) is 30.0. The molecule has 0 saturated heterocycles. The molecule has 42 heavy (non-hydrogen) atoms. The quantitative estimate of drug-likeness (QED) is 0.0446. The third-order valence-electron chi connectivity index (χ3n) is 6.83. The molecule has 0 spiro atoms. The molecule has 0 unspecified atom stereocenters. The summed E-state index contributed by atoms with van der Waals surface area (Å²) >= 11 is 0. The van der Waals surface area contributed by atoms with Crippen LogP contribution in [0.1, 0.15) is 142 Å². The molecule has 0 aliphatic carbocycles. The van der Waals surface area contributed by atoms with E-state index in [0.29, 0.717) is 12.8 Å². The number of rotatable bonds is 31. The van der Waals surface area contributed by atoms with E-state index >= 15 is 0 Å². The number of unbranched alkanes of at least 4 members (excludes halogenated alkanes) is 18. The zero-order valence-electron chi connectivity index (χ0n) is 27.0. The monoisotopic (exact) mass is 662 g/mol. The molecule has 242 valence electrons. The molecule has 0 aromatic rings. The van der Waals surface area contributed by atoms with Crippen molar-refractivity contribution in [2.75, 3.05) is 26.4 Å². The number of hydrogen-bond acceptors (Lipinski definition) is 10. The van der Waals surface area contributed by atoms with Gasteiger partial charge in [0.05, 0.1) is 13.2 Å². The summed E-state index contributed by atoms with van der Waals surface area (Å²) in [5, 5.41) is 0. The molecule has 0 rings (SSSR count). The maximum absolute atomic E-state index is 11.0. The fourth-order valence-electron chi connectivity index (χ4n) is 4.47. The van der Waals surface area contributed by atoms with Gasteiger partial charge in [0, 0.05) is 13.2 Å². The Balaban J connectivity index is -0.00000760. The predicted octanol–water partition coefficient (Wildman–Crippen LogP) is 0.560. The van der Waals surface area contributed by atoms with Crippen molar-refractivity contribution in [3.63, 3.8) is 0 Å². The molecule has 0 saturated carbocycles. The molecule has 14 heteroatoms. The summed E-state index contributed by atoms with van der Waals surface area (Å²) in [6, 6.07) is 0. The maximum Gasteiger partial charge on any atom is 1.00 e. The van der Waals surface area contributed by atoms with E-state index in [1.807, 2.05) is 0 Å². The molecular formula is C28H56Na2O10S2. The van der Waals surface area contributed by atoms with Crippen LogP contribution in [0.3, 0.4) is 0 Å². The average molecular weight is 663 g/mol. The van der Waals surface area contributed by atoms with E-state index in [1.165, 1.54) is 77.0 Å². The van der Waals surface area contributed by atoms with Crippen LogP contribution in [0.4, 0.5) is 0 Å². The fourth-order valence-corrected chi connectivity index (χ4v) is 5.08. The SMILES string of the molecule is CCCCCCCCCCCCO[C@@H](COS(=O)(=O)[O-])[C@H](COS(=O)(=O)[O-])OCCCCCCCCCCCC.[Na+].[Na+]. The third kappa shape index (κ3) is 36.1. The summed E-state index contributed by atoms with van der Waals surface area (Å²) in [5.74, 6) is 0. The Morgan fingerprint density at radius 2 is 0.690 bits per heavy atom. The second-order valence-corrected chi connectivity index (χ2v) is 12.7. The molecule has 0 bridgehead atoms. The first-order valence-electron chi connectivity index (χ1n) is 15.5. The van der Waals surface area contributed by atoms with Gasteiger partial charge in [-0.3, -0.25) is 8.37 Å². The van der Waals surface area contributed by atoms with E-state index in [9.17, 15) is 25.9 Å². The molecule has 10 nitrogen and oxygen atoms in total. The minimum Gasteiger partial charge on any atom is -0.726 e. The van der Waals surface area contributed by atoms with E-state index in [-0.39, 0.29) is 72.3 Å². The van der Waals surface area contributed by atoms with E-state index in [0.717, 1.165) is 38.5 Å². The van der Waals surface area contributed by atoms with Gasteiger partial charge in [-0.25, -0.2) is 16.8 Å². The molecule has 0 heterocycles. The van der Waals surface area contributed by atoms with Gasteiger partial charge < -0.3 is 18.6 Å². The standard InChI is InChI=1S/C28H58O10S2.2Na/c1-3-5-7-9-11-13-15-17-19-21-23-35-27(25-37-39(29,30)31)28(26-38-40(32,33)34)36-24-22-20-18-16-14-12-10-8-6-4-2;;/h27-28H,3-26H2,1-2H3,(H,29,30,31)(H,32,33,34);;/q;2*+1/p-2/t27-,28-;;/m0../s1. The molecule has 0 radical (unpaired) electrons. The minimum atomic E-state index is -5.00. The van der Waals surface area contributed by atoms with Gasteiger partial charge in [-0.15, -0.1) is 0 Å². The fraction of sp³-hybridized carbons (Fsp3) is 1.00. The second kappa shape index (κ2) is 32.6. The summed E-state index contributed by atoms with van der Waals surface area (Å²) in [6.45, 7) is 3.56. The summed E-state index contributed by atoms with van der Waals surface area (Å²) in [5.41, 5.74) is 0. The van der Waals surface area contributed by atoms with Gasteiger partial charge in [0.2, 0.25) is 20.8 Å². The smallest absolute Gasteiger partial charge is 0.726 e. The van der Waals surface area contributed by atoms with E-state index in [4.69, 9.17) is 9.47 Å². The Bertz CT molecular complexity index is 707. The Morgan fingerprint density at radius 1 is 0.452 bits per heavy atom. The largest absolute Gasteiger partial charge is 1.00 e. The van der Waals surface area contributed by atoms with Crippen molar-refractivity contribution in [2.45, 2.75) is 154 Å². The van der Waals surface area contributed by atoms with Crippen molar-refractivity contribution < 1.29 is 103 Å². The van der Waals surface area contributed by atoms with Crippen molar-refractivity contribution in [1.82, 2.24) is 0 Å². The van der Waals surface area contributed by atoms with E-state index in [1.54, 1.807) is 0 Å². The van der Waals surface area contributed by atoms with E-state index < -0.39 is 46.2 Å². The van der Waals surface area contributed by atoms with Crippen molar-refractivity contribution >= 4 is 20.8 Å². The average Bonchev–Trinajstić information content (AvgIpc) is 2.88. The van der Waals surface area contributed by atoms with Crippen LogP contribution >= 0.6 is 0 Å². The normalized spacial score (nSPS) is 13.3. The van der Waals surface area contributed by atoms with Crippen LogP contribution in [0.2, 0.25) is 0 Å². The molecule has 0 aliphatic rings. The van der Waals surface area contributed by atoms with Gasteiger partial charge >= 0.3 is 59.1 Å². The number of hydrogen-bond donors (Lipinski definition) is 0.